The first-order chi connectivity index (χ1) is 15.0. The molecule has 2 aliphatic heterocycles. The van der Waals surface area contributed by atoms with Crippen LogP contribution in [-0.4, -0.2) is 53.9 Å². The Labute approximate surface area is 185 Å². The third-order valence-corrected chi connectivity index (χ3v) is 7.06. The van der Waals surface area contributed by atoms with E-state index in [4.69, 9.17) is 0 Å². The molecule has 2 amide bonds. The van der Waals surface area contributed by atoms with Crippen LogP contribution in [0.1, 0.15) is 24.1 Å². The number of piperidine rings is 1. The molecule has 1 unspecified atom stereocenters. The Morgan fingerprint density at radius 2 is 1.97 bits per heavy atom. The van der Waals surface area contributed by atoms with Crippen molar-refractivity contribution >= 4 is 34.5 Å². The summed E-state index contributed by atoms with van der Waals surface area (Å²) < 4.78 is 0. The lowest BCUT2D eigenvalue weighted by Crippen LogP contribution is -2.48. The molecule has 1 N–H and O–H groups in total. The molecule has 0 aliphatic carbocycles. The molecule has 0 bridgehead atoms. The van der Waals surface area contributed by atoms with Crippen LogP contribution in [0.5, 0.6) is 0 Å². The first-order valence-electron chi connectivity index (χ1n) is 10.6. The first kappa shape index (κ1) is 21.5. The molecular formula is C22H26N4O4S. The number of nitro benzene ring substituents is 1. The van der Waals surface area contributed by atoms with Crippen molar-refractivity contribution in [2.45, 2.75) is 31.7 Å². The van der Waals surface area contributed by atoms with E-state index in [1.807, 2.05) is 11.4 Å². The predicted molar refractivity (Wildman–Crippen MR) is 119 cm³/mol. The van der Waals surface area contributed by atoms with E-state index in [1.54, 1.807) is 28.4 Å². The zero-order valence-electron chi connectivity index (χ0n) is 17.2. The van der Waals surface area contributed by atoms with Crippen molar-refractivity contribution in [3.8, 4) is 0 Å². The van der Waals surface area contributed by atoms with E-state index in [-0.39, 0.29) is 29.5 Å². The number of nitrogens with zero attached hydrogens (tertiary/aromatic N) is 3. The number of benzene rings is 1. The second kappa shape index (κ2) is 9.57. The van der Waals surface area contributed by atoms with Crippen molar-refractivity contribution in [3.05, 3.63) is 56.8 Å². The summed E-state index contributed by atoms with van der Waals surface area (Å²) in [4.78, 5) is 41.1. The van der Waals surface area contributed by atoms with Crippen molar-refractivity contribution in [2.24, 2.45) is 5.92 Å². The molecule has 164 valence electrons. The van der Waals surface area contributed by atoms with Crippen LogP contribution >= 0.6 is 11.3 Å². The standard InChI is InChI=1S/C22H26N4O4S/c27-21(23-10-6-19-5-2-14-31-19)16-7-11-24(12-8-16)20-9-13-25(22(20)28)17-3-1-4-18(15-17)26(29)30/h1-5,14-16,20H,6-13H2,(H,23,27). The quantitative estimate of drug-likeness (QED) is 0.525. The van der Waals surface area contributed by atoms with Gasteiger partial charge in [0.25, 0.3) is 5.69 Å². The van der Waals surface area contributed by atoms with Crippen LogP contribution in [0.25, 0.3) is 0 Å². The lowest BCUT2D eigenvalue weighted by molar-refractivity contribution is -0.384. The van der Waals surface area contributed by atoms with Crippen LogP contribution in [0.3, 0.4) is 0 Å². The number of likely N-dealkylation sites (tertiary alicyclic amines) is 1. The molecule has 2 aliphatic rings. The highest BCUT2D eigenvalue weighted by molar-refractivity contribution is 7.09. The van der Waals surface area contributed by atoms with Crippen LogP contribution < -0.4 is 10.2 Å². The van der Waals surface area contributed by atoms with E-state index in [2.05, 4.69) is 16.3 Å². The number of amides is 2. The summed E-state index contributed by atoms with van der Waals surface area (Å²) in [7, 11) is 0. The van der Waals surface area contributed by atoms with Crippen LogP contribution in [0.15, 0.2) is 41.8 Å². The Bertz CT molecular complexity index is 941. The highest BCUT2D eigenvalue weighted by Crippen LogP contribution is 2.29. The molecule has 2 fully saturated rings. The Kier molecular flexibility index (Phi) is 6.62. The van der Waals surface area contributed by atoms with Gasteiger partial charge in [0.1, 0.15) is 0 Å². The zero-order valence-corrected chi connectivity index (χ0v) is 18.1. The van der Waals surface area contributed by atoms with Gasteiger partial charge >= 0.3 is 0 Å². The molecule has 8 nitrogen and oxygen atoms in total. The maximum absolute atomic E-state index is 13.0. The molecular weight excluding hydrogens is 416 g/mol. The van der Waals surface area contributed by atoms with Gasteiger partial charge in [0.15, 0.2) is 0 Å². The predicted octanol–water partition coefficient (Wildman–Crippen LogP) is 2.83. The van der Waals surface area contributed by atoms with E-state index >= 15 is 0 Å². The van der Waals surface area contributed by atoms with Crippen LogP contribution in [0.4, 0.5) is 11.4 Å². The lowest BCUT2D eigenvalue weighted by atomic mass is 9.94. The summed E-state index contributed by atoms with van der Waals surface area (Å²) in [5.74, 6) is 0.0792. The largest absolute Gasteiger partial charge is 0.355 e. The number of hydrogen-bond acceptors (Lipinski definition) is 6. The fourth-order valence-corrected chi connectivity index (χ4v) is 5.12. The third kappa shape index (κ3) is 4.94. The van der Waals surface area contributed by atoms with Crippen molar-refractivity contribution in [3.63, 3.8) is 0 Å². The monoisotopic (exact) mass is 442 g/mol. The molecule has 1 atom stereocenters. The van der Waals surface area contributed by atoms with Crippen LogP contribution in [0.2, 0.25) is 0 Å². The van der Waals surface area contributed by atoms with Crippen molar-refractivity contribution in [1.82, 2.24) is 10.2 Å². The molecule has 4 rings (SSSR count). The van der Waals surface area contributed by atoms with Gasteiger partial charge in [0, 0.05) is 36.0 Å². The summed E-state index contributed by atoms with van der Waals surface area (Å²) in [6.45, 7) is 2.62. The van der Waals surface area contributed by atoms with Crippen LogP contribution in [0, 0.1) is 16.0 Å². The molecule has 2 saturated heterocycles. The normalized spacial score (nSPS) is 20.2. The number of rotatable bonds is 7. The van der Waals surface area contributed by atoms with Crippen molar-refractivity contribution < 1.29 is 14.5 Å². The maximum Gasteiger partial charge on any atom is 0.271 e. The van der Waals surface area contributed by atoms with Crippen molar-refractivity contribution in [2.75, 3.05) is 31.1 Å². The van der Waals surface area contributed by atoms with Gasteiger partial charge in [-0.25, -0.2) is 0 Å². The minimum atomic E-state index is -0.447. The van der Waals surface area contributed by atoms with Crippen molar-refractivity contribution in [1.29, 1.82) is 0 Å². The van der Waals surface area contributed by atoms with E-state index in [1.165, 1.54) is 17.0 Å². The highest BCUT2D eigenvalue weighted by atomic mass is 32.1. The van der Waals surface area contributed by atoms with E-state index in [0.29, 0.717) is 38.3 Å². The summed E-state index contributed by atoms with van der Waals surface area (Å²) in [5, 5.41) is 16.1. The highest BCUT2D eigenvalue weighted by Gasteiger charge is 2.39. The molecule has 1 aromatic heterocycles. The Balaban J connectivity index is 1.27. The van der Waals surface area contributed by atoms with Gasteiger partial charge in [-0.1, -0.05) is 12.1 Å². The van der Waals surface area contributed by atoms with E-state index in [9.17, 15) is 19.7 Å². The number of carbonyl (C=O) groups excluding carboxylic acids is 2. The second-order valence-corrected chi connectivity index (χ2v) is 9.03. The molecule has 2 aromatic rings. The Morgan fingerprint density at radius 1 is 1.16 bits per heavy atom. The molecule has 31 heavy (non-hydrogen) atoms. The average molecular weight is 443 g/mol. The van der Waals surface area contributed by atoms with Gasteiger partial charge < -0.3 is 10.2 Å². The van der Waals surface area contributed by atoms with Gasteiger partial charge in [-0.2, -0.15) is 0 Å². The SMILES string of the molecule is O=C(NCCc1cccs1)C1CCN(C2CCN(c3cccc([N+](=O)[O-])c3)C2=O)CC1. The average Bonchev–Trinajstić information content (AvgIpc) is 3.43. The summed E-state index contributed by atoms with van der Waals surface area (Å²) >= 11 is 1.70. The van der Waals surface area contributed by atoms with Gasteiger partial charge in [-0.15, -0.1) is 11.3 Å². The van der Waals surface area contributed by atoms with Crippen LogP contribution in [-0.2, 0) is 16.0 Å². The molecule has 0 saturated carbocycles. The molecule has 9 heteroatoms. The fourth-order valence-electron chi connectivity index (χ4n) is 4.42. The maximum atomic E-state index is 13.0. The van der Waals surface area contributed by atoms with Gasteiger partial charge in [-0.3, -0.25) is 24.6 Å². The number of nitro groups is 1. The summed E-state index contributed by atoms with van der Waals surface area (Å²) in [5.41, 5.74) is 0.557. The minimum Gasteiger partial charge on any atom is -0.355 e. The topological polar surface area (TPSA) is 95.8 Å². The second-order valence-electron chi connectivity index (χ2n) is 8.00. The first-order valence-corrected chi connectivity index (χ1v) is 11.5. The minimum absolute atomic E-state index is 0.0102. The third-order valence-electron chi connectivity index (χ3n) is 6.12. The number of nitrogens with one attached hydrogen (secondary N) is 1. The van der Waals surface area contributed by atoms with Gasteiger partial charge in [0.2, 0.25) is 11.8 Å². The number of hydrogen-bond donors (Lipinski definition) is 1. The molecule has 1 aromatic carbocycles. The molecule has 0 spiro atoms. The summed E-state index contributed by atoms with van der Waals surface area (Å²) in [6.07, 6.45) is 3.03. The van der Waals surface area contributed by atoms with E-state index in [0.717, 1.165) is 19.3 Å². The van der Waals surface area contributed by atoms with Gasteiger partial charge in [0.05, 0.1) is 16.7 Å². The fraction of sp³-hybridized carbons (Fsp3) is 0.455. The number of non-ortho nitro benzene ring substituents is 1. The number of carbonyl (C=O) groups is 2. The van der Waals surface area contributed by atoms with E-state index < -0.39 is 4.92 Å². The Hall–Kier alpha value is -2.78. The van der Waals surface area contributed by atoms with Gasteiger partial charge in [-0.05, 0) is 56.3 Å². The molecule has 3 heterocycles. The smallest absolute Gasteiger partial charge is 0.271 e. The Morgan fingerprint density at radius 3 is 2.68 bits per heavy atom. The number of anilines is 1. The number of thiophene rings is 1. The lowest BCUT2D eigenvalue weighted by Gasteiger charge is -2.34. The summed E-state index contributed by atoms with van der Waals surface area (Å²) in [6, 6.07) is 10.1. The zero-order chi connectivity index (χ0) is 21.8. The molecule has 0 radical (unpaired) electrons.